The van der Waals surface area contributed by atoms with E-state index in [1.165, 1.54) is 18.2 Å². The SMILES string of the molecule is CC1(CNS(=O)(=O)c2cccc(S(=O)(=O)Cl)c2)CC1. The predicted molar refractivity (Wildman–Crippen MR) is 72.0 cm³/mol. The highest BCUT2D eigenvalue weighted by Gasteiger charge is 2.38. The number of sulfonamides is 1. The summed E-state index contributed by atoms with van der Waals surface area (Å²) >= 11 is 0. The summed E-state index contributed by atoms with van der Waals surface area (Å²) in [4.78, 5) is -0.326. The Kier molecular flexibility index (Phi) is 3.68. The molecule has 0 spiro atoms. The first-order valence-corrected chi connectivity index (χ1v) is 9.46. The van der Waals surface area contributed by atoms with Crippen LogP contribution in [0.3, 0.4) is 0 Å². The third-order valence-electron chi connectivity index (χ3n) is 3.19. The van der Waals surface area contributed by atoms with Crippen LogP contribution in [0.2, 0.25) is 0 Å². The molecular weight excluding hydrogens is 310 g/mol. The van der Waals surface area contributed by atoms with Crippen LogP contribution in [-0.2, 0) is 19.1 Å². The van der Waals surface area contributed by atoms with Gasteiger partial charge in [0, 0.05) is 17.2 Å². The molecule has 106 valence electrons. The molecule has 1 saturated carbocycles. The lowest BCUT2D eigenvalue weighted by atomic mass is 10.2. The van der Waals surface area contributed by atoms with Crippen LogP contribution < -0.4 is 4.72 Å². The molecule has 1 aromatic carbocycles. The Labute approximate surface area is 117 Å². The second kappa shape index (κ2) is 4.73. The summed E-state index contributed by atoms with van der Waals surface area (Å²) in [5, 5.41) is 0. The normalized spacial score (nSPS) is 18.2. The van der Waals surface area contributed by atoms with Crippen LogP contribution in [0.25, 0.3) is 0 Å². The average Bonchev–Trinajstić information content (AvgIpc) is 3.05. The van der Waals surface area contributed by atoms with Gasteiger partial charge in [0.05, 0.1) is 9.79 Å². The summed E-state index contributed by atoms with van der Waals surface area (Å²) in [6, 6.07) is 5.00. The van der Waals surface area contributed by atoms with E-state index < -0.39 is 19.1 Å². The molecule has 1 aromatic rings. The minimum Gasteiger partial charge on any atom is -0.211 e. The molecule has 0 aliphatic heterocycles. The van der Waals surface area contributed by atoms with E-state index in [9.17, 15) is 16.8 Å². The minimum atomic E-state index is -3.94. The van der Waals surface area contributed by atoms with Gasteiger partial charge in [0.25, 0.3) is 9.05 Å². The van der Waals surface area contributed by atoms with E-state index in [0.717, 1.165) is 18.9 Å². The Morgan fingerprint density at radius 3 is 2.32 bits per heavy atom. The van der Waals surface area contributed by atoms with Gasteiger partial charge in [-0.05, 0) is 36.5 Å². The predicted octanol–water partition coefficient (Wildman–Crippen LogP) is 1.69. The Hall–Kier alpha value is -0.630. The third kappa shape index (κ3) is 3.68. The highest BCUT2D eigenvalue weighted by molar-refractivity contribution is 8.13. The van der Waals surface area contributed by atoms with E-state index >= 15 is 0 Å². The van der Waals surface area contributed by atoms with Gasteiger partial charge < -0.3 is 0 Å². The second-order valence-electron chi connectivity index (χ2n) is 5.05. The molecule has 1 aliphatic carbocycles. The second-order valence-corrected chi connectivity index (χ2v) is 9.38. The van der Waals surface area contributed by atoms with E-state index in [0.29, 0.717) is 6.54 Å². The maximum absolute atomic E-state index is 12.0. The van der Waals surface area contributed by atoms with Crippen molar-refractivity contribution in [2.45, 2.75) is 29.6 Å². The van der Waals surface area contributed by atoms with Crippen molar-refractivity contribution in [3.8, 4) is 0 Å². The molecule has 0 heterocycles. The first-order valence-electron chi connectivity index (χ1n) is 5.67. The Bertz CT molecular complexity index is 693. The van der Waals surface area contributed by atoms with Gasteiger partial charge in [0.2, 0.25) is 10.0 Å². The zero-order valence-corrected chi connectivity index (χ0v) is 12.6. The Balaban J connectivity index is 2.25. The van der Waals surface area contributed by atoms with Gasteiger partial charge in [-0.15, -0.1) is 0 Å². The van der Waals surface area contributed by atoms with Crippen LogP contribution in [0.15, 0.2) is 34.1 Å². The van der Waals surface area contributed by atoms with Crippen molar-refractivity contribution in [1.29, 1.82) is 0 Å². The summed E-state index contributed by atoms with van der Waals surface area (Å²) in [6.45, 7) is 2.35. The Morgan fingerprint density at radius 2 is 1.79 bits per heavy atom. The fraction of sp³-hybridized carbons (Fsp3) is 0.455. The molecule has 0 aromatic heterocycles. The number of hydrogen-bond acceptors (Lipinski definition) is 4. The lowest BCUT2D eigenvalue weighted by molar-refractivity contribution is 0.530. The van der Waals surface area contributed by atoms with Crippen molar-refractivity contribution in [2.24, 2.45) is 5.41 Å². The first kappa shape index (κ1) is 14.8. The van der Waals surface area contributed by atoms with Crippen molar-refractivity contribution < 1.29 is 16.8 Å². The van der Waals surface area contributed by atoms with Crippen LogP contribution in [0, 0.1) is 5.41 Å². The molecular formula is C11H14ClNO4S2. The van der Waals surface area contributed by atoms with Crippen molar-refractivity contribution in [3.05, 3.63) is 24.3 Å². The van der Waals surface area contributed by atoms with E-state index in [4.69, 9.17) is 10.7 Å². The largest absolute Gasteiger partial charge is 0.261 e. The molecule has 0 saturated heterocycles. The van der Waals surface area contributed by atoms with Crippen LogP contribution in [0.1, 0.15) is 19.8 Å². The smallest absolute Gasteiger partial charge is 0.211 e. The summed E-state index contributed by atoms with van der Waals surface area (Å²) in [5.41, 5.74) is 0.0310. The van der Waals surface area contributed by atoms with Crippen molar-refractivity contribution >= 4 is 29.8 Å². The zero-order chi connectivity index (χ0) is 14.3. The van der Waals surface area contributed by atoms with Crippen LogP contribution >= 0.6 is 10.7 Å². The molecule has 0 radical (unpaired) electrons. The highest BCUT2D eigenvalue weighted by Crippen LogP contribution is 2.44. The van der Waals surface area contributed by atoms with Gasteiger partial charge >= 0.3 is 0 Å². The number of benzene rings is 1. The van der Waals surface area contributed by atoms with Crippen LogP contribution in [0.5, 0.6) is 0 Å². The average molecular weight is 324 g/mol. The van der Waals surface area contributed by atoms with Gasteiger partial charge in [0.1, 0.15) is 0 Å². The molecule has 8 heteroatoms. The third-order valence-corrected chi connectivity index (χ3v) is 5.94. The lowest BCUT2D eigenvalue weighted by Crippen LogP contribution is -2.29. The van der Waals surface area contributed by atoms with E-state index in [-0.39, 0.29) is 15.2 Å². The standard InChI is InChI=1S/C11H14ClNO4S2/c1-11(5-6-11)8-13-19(16,17)10-4-2-3-9(7-10)18(12,14)15/h2-4,7,13H,5-6,8H2,1H3. The molecule has 5 nitrogen and oxygen atoms in total. The fourth-order valence-corrected chi connectivity index (χ4v) is 3.65. The van der Waals surface area contributed by atoms with Crippen LogP contribution in [-0.4, -0.2) is 23.4 Å². The van der Waals surface area contributed by atoms with Gasteiger partial charge in [-0.3, -0.25) is 0 Å². The van der Waals surface area contributed by atoms with E-state index in [1.807, 2.05) is 6.92 Å². The monoisotopic (exact) mass is 323 g/mol. The number of hydrogen-bond donors (Lipinski definition) is 1. The number of nitrogens with one attached hydrogen (secondary N) is 1. The number of halogens is 1. The maximum Gasteiger partial charge on any atom is 0.261 e. The van der Waals surface area contributed by atoms with Gasteiger partial charge in [-0.25, -0.2) is 21.6 Å². The quantitative estimate of drug-likeness (QED) is 0.836. The molecule has 1 aliphatic rings. The van der Waals surface area contributed by atoms with Gasteiger partial charge in [-0.1, -0.05) is 13.0 Å². The topological polar surface area (TPSA) is 80.3 Å². The molecule has 0 unspecified atom stereocenters. The number of rotatable bonds is 5. The van der Waals surface area contributed by atoms with Gasteiger partial charge in [0.15, 0.2) is 0 Å². The first-order chi connectivity index (χ1) is 8.62. The van der Waals surface area contributed by atoms with Gasteiger partial charge in [-0.2, -0.15) is 0 Å². The fourth-order valence-electron chi connectivity index (χ4n) is 1.54. The minimum absolute atomic E-state index is 0.0310. The molecule has 19 heavy (non-hydrogen) atoms. The molecule has 2 rings (SSSR count). The van der Waals surface area contributed by atoms with E-state index in [1.54, 1.807) is 0 Å². The summed E-state index contributed by atoms with van der Waals surface area (Å²) in [6.07, 6.45) is 1.98. The maximum atomic E-state index is 12.0. The van der Waals surface area contributed by atoms with Crippen molar-refractivity contribution in [2.75, 3.05) is 6.54 Å². The van der Waals surface area contributed by atoms with Crippen molar-refractivity contribution in [1.82, 2.24) is 4.72 Å². The molecule has 1 fully saturated rings. The summed E-state index contributed by atoms with van der Waals surface area (Å²) < 4.78 is 48.9. The molecule has 1 N–H and O–H groups in total. The summed E-state index contributed by atoms with van der Waals surface area (Å²) in [5.74, 6) is 0. The van der Waals surface area contributed by atoms with E-state index in [2.05, 4.69) is 4.72 Å². The zero-order valence-electron chi connectivity index (χ0n) is 10.3. The molecule has 0 bridgehead atoms. The Morgan fingerprint density at radius 1 is 1.21 bits per heavy atom. The van der Waals surface area contributed by atoms with Crippen molar-refractivity contribution in [3.63, 3.8) is 0 Å². The lowest BCUT2D eigenvalue weighted by Gasteiger charge is -2.11. The van der Waals surface area contributed by atoms with Crippen LogP contribution in [0.4, 0.5) is 0 Å². The molecule has 0 amide bonds. The molecule has 0 atom stereocenters. The summed E-state index contributed by atoms with van der Waals surface area (Å²) in [7, 11) is -2.45. The highest BCUT2D eigenvalue weighted by atomic mass is 35.7.